The van der Waals surface area contributed by atoms with Crippen LogP contribution in [0.2, 0.25) is 0 Å². The number of halogens is 1. The number of hydrogen-bond acceptors (Lipinski definition) is 3. The summed E-state index contributed by atoms with van der Waals surface area (Å²) in [6, 6.07) is 5.36. The quantitative estimate of drug-likeness (QED) is 0.740. The number of amides is 1. The minimum atomic E-state index is -0.474. The predicted octanol–water partition coefficient (Wildman–Crippen LogP) is 1.69. The largest absolute Gasteiger partial charge is 0.494 e. The van der Waals surface area contributed by atoms with E-state index in [2.05, 4.69) is 5.32 Å². The highest BCUT2D eigenvalue weighted by atomic mass is 19.1. The van der Waals surface area contributed by atoms with E-state index >= 15 is 0 Å². The second kappa shape index (κ2) is 7.74. The maximum atomic E-state index is 12.6. The molecule has 0 radical (unpaired) electrons. The number of carbonyl (C=O) groups excluding carboxylic acids is 1. The van der Waals surface area contributed by atoms with Crippen molar-refractivity contribution >= 4 is 5.91 Å². The summed E-state index contributed by atoms with van der Waals surface area (Å²) in [4.78, 5) is 11.5. The minimum absolute atomic E-state index is 0.121. The van der Waals surface area contributed by atoms with E-state index in [4.69, 9.17) is 10.5 Å². The molecular formula is C14H21FN2O2. The molecule has 4 nitrogen and oxygen atoms in total. The average Bonchev–Trinajstić information content (AvgIpc) is 2.39. The van der Waals surface area contributed by atoms with Crippen LogP contribution in [0.5, 0.6) is 5.75 Å². The topological polar surface area (TPSA) is 64.4 Å². The van der Waals surface area contributed by atoms with Gasteiger partial charge in [-0.25, -0.2) is 4.39 Å². The molecule has 0 bridgehead atoms. The molecule has 0 aliphatic heterocycles. The van der Waals surface area contributed by atoms with Crippen molar-refractivity contribution in [3.63, 3.8) is 0 Å². The van der Waals surface area contributed by atoms with Gasteiger partial charge >= 0.3 is 0 Å². The molecular weight excluding hydrogens is 247 g/mol. The van der Waals surface area contributed by atoms with E-state index in [0.29, 0.717) is 25.3 Å². The zero-order valence-corrected chi connectivity index (χ0v) is 11.4. The summed E-state index contributed by atoms with van der Waals surface area (Å²) in [5, 5.41) is 2.76. The van der Waals surface area contributed by atoms with E-state index in [1.54, 1.807) is 12.1 Å². The number of carbonyl (C=O) groups is 1. The molecule has 0 spiro atoms. The number of nitrogens with two attached hydrogens (primary N) is 1. The molecule has 0 aromatic heterocycles. The third-order valence-electron chi connectivity index (χ3n) is 2.72. The molecule has 5 heteroatoms. The van der Waals surface area contributed by atoms with Gasteiger partial charge in [0.15, 0.2) is 0 Å². The van der Waals surface area contributed by atoms with Crippen LogP contribution < -0.4 is 15.8 Å². The molecule has 0 aliphatic carbocycles. The van der Waals surface area contributed by atoms with E-state index in [-0.39, 0.29) is 17.6 Å². The van der Waals surface area contributed by atoms with Crippen LogP contribution in [0.4, 0.5) is 4.39 Å². The molecule has 0 fully saturated rings. The number of rotatable bonds is 7. The van der Waals surface area contributed by atoms with Gasteiger partial charge in [-0.15, -0.1) is 0 Å². The molecule has 0 aliphatic rings. The summed E-state index contributed by atoms with van der Waals surface area (Å²) in [6.07, 6.45) is 0.675. The minimum Gasteiger partial charge on any atom is -0.494 e. The third kappa shape index (κ3) is 5.70. The monoisotopic (exact) mass is 268 g/mol. The molecule has 0 unspecified atom stereocenters. The van der Waals surface area contributed by atoms with E-state index in [1.807, 2.05) is 13.8 Å². The maximum absolute atomic E-state index is 12.6. The molecule has 0 saturated carbocycles. The van der Waals surface area contributed by atoms with Crippen LogP contribution in [0.1, 0.15) is 20.3 Å². The fraction of sp³-hybridized carbons (Fsp3) is 0.500. The molecule has 1 aromatic rings. The highest BCUT2D eigenvalue weighted by molar-refractivity contribution is 5.81. The lowest BCUT2D eigenvalue weighted by molar-refractivity contribution is -0.123. The molecule has 1 amide bonds. The molecule has 1 atom stereocenters. The lowest BCUT2D eigenvalue weighted by Crippen LogP contribution is -2.44. The number of nitrogens with one attached hydrogen (secondary N) is 1. The second-order valence-electron chi connectivity index (χ2n) is 4.72. The van der Waals surface area contributed by atoms with Gasteiger partial charge in [-0.05, 0) is 36.6 Å². The summed E-state index contributed by atoms with van der Waals surface area (Å²) in [5.74, 6) is 0.307. The molecule has 1 aromatic carbocycles. The van der Waals surface area contributed by atoms with Crippen LogP contribution in [-0.2, 0) is 4.79 Å². The molecule has 3 N–H and O–H groups in total. The van der Waals surface area contributed by atoms with Gasteiger partial charge in [0.1, 0.15) is 11.6 Å². The lowest BCUT2D eigenvalue weighted by atomic mass is 10.1. The van der Waals surface area contributed by atoms with Crippen molar-refractivity contribution in [2.75, 3.05) is 13.2 Å². The van der Waals surface area contributed by atoms with E-state index in [0.717, 1.165) is 0 Å². The van der Waals surface area contributed by atoms with Crippen molar-refractivity contribution in [2.45, 2.75) is 26.3 Å². The van der Waals surface area contributed by atoms with E-state index < -0.39 is 6.04 Å². The number of benzene rings is 1. The van der Waals surface area contributed by atoms with E-state index in [9.17, 15) is 9.18 Å². The first-order chi connectivity index (χ1) is 9.00. The summed E-state index contributed by atoms with van der Waals surface area (Å²) in [5.41, 5.74) is 5.70. The Morgan fingerprint density at radius 2 is 2.00 bits per heavy atom. The summed E-state index contributed by atoms with van der Waals surface area (Å²) in [7, 11) is 0. The van der Waals surface area contributed by atoms with Crippen molar-refractivity contribution in [2.24, 2.45) is 11.7 Å². The van der Waals surface area contributed by atoms with Gasteiger partial charge in [0, 0.05) is 6.54 Å². The second-order valence-corrected chi connectivity index (χ2v) is 4.72. The van der Waals surface area contributed by atoms with Gasteiger partial charge in [0.05, 0.1) is 12.6 Å². The number of ether oxygens (including phenoxy) is 1. The number of hydrogen-bond donors (Lipinski definition) is 2. The zero-order valence-electron chi connectivity index (χ0n) is 11.4. The van der Waals surface area contributed by atoms with Crippen LogP contribution >= 0.6 is 0 Å². The van der Waals surface area contributed by atoms with Crippen molar-refractivity contribution in [1.29, 1.82) is 0 Å². The van der Waals surface area contributed by atoms with Crippen LogP contribution in [-0.4, -0.2) is 25.1 Å². The first-order valence-corrected chi connectivity index (χ1v) is 6.42. The Balaban J connectivity index is 2.14. The zero-order chi connectivity index (χ0) is 14.3. The predicted molar refractivity (Wildman–Crippen MR) is 72.3 cm³/mol. The molecule has 19 heavy (non-hydrogen) atoms. The SMILES string of the molecule is CC(C)[C@H](N)C(=O)NCCCOc1ccc(F)cc1. The van der Waals surface area contributed by atoms with Crippen molar-refractivity contribution in [3.8, 4) is 5.75 Å². The first kappa shape index (κ1) is 15.4. The Hall–Kier alpha value is -1.62. The third-order valence-corrected chi connectivity index (χ3v) is 2.72. The molecule has 106 valence electrons. The van der Waals surface area contributed by atoms with Crippen molar-refractivity contribution < 1.29 is 13.9 Å². The summed E-state index contributed by atoms with van der Waals surface area (Å²) in [6.45, 7) is 4.78. The Kier molecular flexibility index (Phi) is 6.29. The van der Waals surface area contributed by atoms with Crippen LogP contribution in [0.3, 0.4) is 0 Å². The van der Waals surface area contributed by atoms with Gasteiger partial charge in [-0.1, -0.05) is 13.8 Å². The average molecular weight is 268 g/mol. The van der Waals surface area contributed by atoms with Gasteiger partial charge in [-0.2, -0.15) is 0 Å². The van der Waals surface area contributed by atoms with Crippen LogP contribution in [0, 0.1) is 11.7 Å². The Morgan fingerprint density at radius 1 is 1.37 bits per heavy atom. The van der Waals surface area contributed by atoms with E-state index in [1.165, 1.54) is 12.1 Å². The van der Waals surface area contributed by atoms with Crippen LogP contribution in [0.25, 0.3) is 0 Å². The summed E-state index contributed by atoms with van der Waals surface area (Å²) >= 11 is 0. The lowest BCUT2D eigenvalue weighted by Gasteiger charge is -2.15. The fourth-order valence-corrected chi connectivity index (χ4v) is 1.43. The normalized spacial score (nSPS) is 12.3. The fourth-order valence-electron chi connectivity index (χ4n) is 1.43. The van der Waals surface area contributed by atoms with Crippen LogP contribution in [0.15, 0.2) is 24.3 Å². The first-order valence-electron chi connectivity index (χ1n) is 6.42. The van der Waals surface area contributed by atoms with Crippen molar-refractivity contribution in [3.05, 3.63) is 30.1 Å². The van der Waals surface area contributed by atoms with Crippen molar-refractivity contribution in [1.82, 2.24) is 5.32 Å². The maximum Gasteiger partial charge on any atom is 0.237 e. The van der Waals surface area contributed by atoms with Gasteiger partial charge < -0.3 is 15.8 Å². The molecule has 0 heterocycles. The Bertz CT molecular complexity index is 393. The highest BCUT2D eigenvalue weighted by Gasteiger charge is 2.15. The smallest absolute Gasteiger partial charge is 0.237 e. The Labute approximate surface area is 113 Å². The van der Waals surface area contributed by atoms with Gasteiger partial charge in [0.25, 0.3) is 0 Å². The molecule has 1 rings (SSSR count). The highest BCUT2D eigenvalue weighted by Crippen LogP contribution is 2.10. The molecule has 0 saturated heterocycles. The summed E-state index contributed by atoms with van der Waals surface area (Å²) < 4.78 is 18.0. The Morgan fingerprint density at radius 3 is 2.58 bits per heavy atom. The van der Waals surface area contributed by atoms with Gasteiger partial charge in [0.2, 0.25) is 5.91 Å². The van der Waals surface area contributed by atoms with Gasteiger partial charge in [-0.3, -0.25) is 4.79 Å². The standard InChI is InChI=1S/C14H21FN2O2/c1-10(2)13(16)14(18)17-8-3-9-19-12-6-4-11(15)5-7-12/h4-7,10,13H,3,8-9,16H2,1-2H3,(H,17,18)/t13-/m0/s1.